The zero-order chi connectivity index (χ0) is 10.6. The van der Waals surface area contributed by atoms with E-state index in [9.17, 15) is 0 Å². The van der Waals surface area contributed by atoms with Gasteiger partial charge in [0.1, 0.15) is 0 Å². The van der Waals surface area contributed by atoms with Gasteiger partial charge in [0.15, 0.2) is 0 Å². The van der Waals surface area contributed by atoms with Crippen LogP contribution in [0, 0.1) is 12.8 Å². The maximum atomic E-state index is 4.41. The quantitative estimate of drug-likeness (QED) is 0.837. The van der Waals surface area contributed by atoms with Gasteiger partial charge >= 0.3 is 0 Å². The Hall–Kier alpha value is 0.0700. The SMILES string of the molecule is Cc1nc(CNC(C)C(C)CBr)cs1. The van der Waals surface area contributed by atoms with E-state index < -0.39 is 0 Å². The minimum absolute atomic E-state index is 0.524. The van der Waals surface area contributed by atoms with Gasteiger partial charge in [0, 0.05) is 23.3 Å². The molecule has 0 spiro atoms. The van der Waals surface area contributed by atoms with Crippen molar-refractivity contribution in [1.82, 2.24) is 10.3 Å². The molecule has 0 fully saturated rings. The summed E-state index contributed by atoms with van der Waals surface area (Å²) in [7, 11) is 0. The summed E-state index contributed by atoms with van der Waals surface area (Å²) in [5.74, 6) is 0.648. The van der Waals surface area contributed by atoms with Crippen LogP contribution in [-0.2, 0) is 6.54 Å². The summed E-state index contributed by atoms with van der Waals surface area (Å²) in [5.41, 5.74) is 1.15. The molecule has 80 valence electrons. The molecule has 2 atom stereocenters. The predicted molar refractivity (Wildman–Crippen MR) is 66.1 cm³/mol. The van der Waals surface area contributed by atoms with Crippen LogP contribution in [0.3, 0.4) is 0 Å². The third-order valence-electron chi connectivity index (χ3n) is 2.37. The zero-order valence-electron chi connectivity index (χ0n) is 8.88. The van der Waals surface area contributed by atoms with Crippen LogP contribution in [0.2, 0.25) is 0 Å². The van der Waals surface area contributed by atoms with Crippen LogP contribution in [-0.4, -0.2) is 16.4 Å². The Balaban J connectivity index is 2.33. The van der Waals surface area contributed by atoms with E-state index in [2.05, 4.69) is 45.5 Å². The summed E-state index contributed by atoms with van der Waals surface area (Å²) in [6.45, 7) is 7.37. The molecule has 1 N–H and O–H groups in total. The maximum Gasteiger partial charge on any atom is 0.0897 e. The number of thiazole rings is 1. The van der Waals surface area contributed by atoms with E-state index in [0.717, 1.165) is 22.6 Å². The summed E-state index contributed by atoms with van der Waals surface area (Å²) in [5, 5.41) is 7.78. The molecule has 0 bridgehead atoms. The maximum absolute atomic E-state index is 4.41. The van der Waals surface area contributed by atoms with Gasteiger partial charge in [-0.2, -0.15) is 0 Å². The first-order valence-electron chi connectivity index (χ1n) is 4.84. The number of nitrogens with one attached hydrogen (secondary N) is 1. The Morgan fingerprint density at radius 3 is 2.79 bits per heavy atom. The molecule has 1 rings (SSSR count). The molecule has 0 radical (unpaired) electrons. The molecular formula is C10H17BrN2S. The first-order valence-corrected chi connectivity index (χ1v) is 6.84. The molecule has 4 heteroatoms. The average Bonchev–Trinajstić information content (AvgIpc) is 2.59. The summed E-state index contributed by atoms with van der Waals surface area (Å²) >= 11 is 5.20. The van der Waals surface area contributed by atoms with Gasteiger partial charge in [0.2, 0.25) is 0 Å². The number of aromatic nitrogens is 1. The average molecular weight is 277 g/mol. The molecule has 1 aromatic heterocycles. The van der Waals surface area contributed by atoms with E-state index in [1.165, 1.54) is 0 Å². The normalized spacial score (nSPS) is 15.4. The van der Waals surface area contributed by atoms with Crippen molar-refractivity contribution >= 4 is 27.3 Å². The highest BCUT2D eigenvalue weighted by Gasteiger charge is 2.10. The fourth-order valence-corrected chi connectivity index (χ4v) is 2.26. The van der Waals surface area contributed by atoms with Crippen LogP contribution in [0.5, 0.6) is 0 Å². The Labute approximate surface area is 98.3 Å². The third kappa shape index (κ3) is 3.67. The van der Waals surface area contributed by atoms with Gasteiger partial charge < -0.3 is 5.32 Å². The lowest BCUT2D eigenvalue weighted by molar-refractivity contribution is 0.431. The molecule has 14 heavy (non-hydrogen) atoms. The van der Waals surface area contributed by atoms with Gasteiger partial charge in [-0.3, -0.25) is 0 Å². The first kappa shape index (κ1) is 12.1. The summed E-state index contributed by atoms with van der Waals surface area (Å²) in [6.07, 6.45) is 0. The van der Waals surface area contributed by atoms with Crippen molar-refractivity contribution in [2.75, 3.05) is 5.33 Å². The van der Waals surface area contributed by atoms with Crippen molar-refractivity contribution in [2.24, 2.45) is 5.92 Å². The largest absolute Gasteiger partial charge is 0.308 e. The highest BCUT2D eigenvalue weighted by atomic mass is 79.9. The van der Waals surface area contributed by atoms with Crippen molar-refractivity contribution in [3.8, 4) is 0 Å². The van der Waals surface area contributed by atoms with Crippen molar-refractivity contribution in [1.29, 1.82) is 0 Å². The van der Waals surface area contributed by atoms with Crippen LogP contribution in [0.15, 0.2) is 5.38 Å². The van der Waals surface area contributed by atoms with Crippen LogP contribution in [0.1, 0.15) is 24.5 Å². The number of nitrogens with zero attached hydrogens (tertiary/aromatic N) is 1. The van der Waals surface area contributed by atoms with Crippen molar-refractivity contribution in [2.45, 2.75) is 33.4 Å². The molecule has 0 saturated heterocycles. The zero-order valence-corrected chi connectivity index (χ0v) is 11.3. The van der Waals surface area contributed by atoms with Gasteiger partial charge in [-0.05, 0) is 19.8 Å². The van der Waals surface area contributed by atoms with Gasteiger partial charge in [-0.15, -0.1) is 11.3 Å². The smallest absolute Gasteiger partial charge is 0.0897 e. The molecule has 1 heterocycles. The van der Waals surface area contributed by atoms with Gasteiger partial charge in [0.05, 0.1) is 10.7 Å². The number of hydrogen-bond acceptors (Lipinski definition) is 3. The van der Waals surface area contributed by atoms with E-state index in [1.807, 2.05) is 6.92 Å². The van der Waals surface area contributed by atoms with Crippen LogP contribution in [0.25, 0.3) is 0 Å². The topological polar surface area (TPSA) is 24.9 Å². The van der Waals surface area contributed by atoms with Gasteiger partial charge in [-0.25, -0.2) is 4.98 Å². The van der Waals surface area contributed by atoms with E-state index >= 15 is 0 Å². The van der Waals surface area contributed by atoms with Gasteiger partial charge in [-0.1, -0.05) is 22.9 Å². The van der Waals surface area contributed by atoms with Crippen molar-refractivity contribution in [3.05, 3.63) is 16.1 Å². The second kappa shape index (κ2) is 5.83. The molecule has 0 aliphatic heterocycles. The Bertz CT molecular complexity index is 275. The summed E-state index contributed by atoms with van der Waals surface area (Å²) in [6, 6.07) is 0.524. The Kier molecular flexibility index (Phi) is 5.06. The minimum Gasteiger partial charge on any atom is -0.308 e. The second-order valence-electron chi connectivity index (χ2n) is 3.66. The number of halogens is 1. The van der Waals surface area contributed by atoms with E-state index in [1.54, 1.807) is 11.3 Å². The molecule has 0 amide bonds. The minimum atomic E-state index is 0.524. The van der Waals surface area contributed by atoms with Crippen LogP contribution < -0.4 is 5.32 Å². The van der Waals surface area contributed by atoms with E-state index in [4.69, 9.17) is 0 Å². The van der Waals surface area contributed by atoms with E-state index in [-0.39, 0.29) is 0 Å². The number of rotatable bonds is 5. The predicted octanol–water partition coefficient (Wildman–Crippen LogP) is 2.96. The molecule has 2 unspecified atom stereocenters. The molecule has 0 aliphatic rings. The molecule has 0 aromatic carbocycles. The highest BCUT2D eigenvalue weighted by Crippen LogP contribution is 2.10. The molecule has 0 aliphatic carbocycles. The fraction of sp³-hybridized carbons (Fsp3) is 0.700. The molecular weight excluding hydrogens is 260 g/mol. The fourth-order valence-electron chi connectivity index (χ4n) is 1.09. The first-order chi connectivity index (χ1) is 6.63. The number of alkyl halides is 1. The Morgan fingerprint density at radius 2 is 2.29 bits per heavy atom. The van der Waals surface area contributed by atoms with Gasteiger partial charge in [0.25, 0.3) is 0 Å². The highest BCUT2D eigenvalue weighted by molar-refractivity contribution is 9.09. The standard InChI is InChI=1S/C10H17BrN2S/c1-7(4-11)8(2)12-5-10-6-14-9(3)13-10/h6-8,12H,4-5H2,1-3H3. The lowest BCUT2D eigenvalue weighted by Crippen LogP contribution is -2.32. The van der Waals surface area contributed by atoms with Crippen molar-refractivity contribution in [3.63, 3.8) is 0 Å². The van der Waals surface area contributed by atoms with Crippen LogP contribution in [0.4, 0.5) is 0 Å². The monoisotopic (exact) mass is 276 g/mol. The Morgan fingerprint density at radius 1 is 1.57 bits per heavy atom. The van der Waals surface area contributed by atoms with Crippen molar-refractivity contribution < 1.29 is 0 Å². The molecule has 0 saturated carbocycles. The van der Waals surface area contributed by atoms with E-state index in [0.29, 0.717) is 12.0 Å². The second-order valence-corrected chi connectivity index (χ2v) is 5.37. The third-order valence-corrected chi connectivity index (χ3v) is 4.21. The number of aryl methyl sites for hydroxylation is 1. The summed E-state index contributed by atoms with van der Waals surface area (Å²) in [4.78, 5) is 4.41. The summed E-state index contributed by atoms with van der Waals surface area (Å²) < 4.78 is 0. The molecule has 2 nitrogen and oxygen atoms in total. The number of hydrogen-bond donors (Lipinski definition) is 1. The lowest BCUT2D eigenvalue weighted by atomic mass is 10.1. The van der Waals surface area contributed by atoms with Crippen LogP contribution >= 0.6 is 27.3 Å². The lowest BCUT2D eigenvalue weighted by Gasteiger charge is -2.18. The molecule has 1 aromatic rings.